The van der Waals surface area contributed by atoms with Crippen LogP contribution in [0.15, 0.2) is 9.98 Å². The van der Waals surface area contributed by atoms with E-state index in [-0.39, 0.29) is 0 Å². The van der Waals surface area contributed by atoms with E-state index in [1.165, 1.54) is 0 Å². The van der Waals surface area contributed by atoms with Crippen LogP contribution >= 0.6 is 23.5 Å². The number of fused-ring (bicyclic) bond motifs is 2. The molecule has 0 unspecified atom stereocenters. The number of aliphatic imine (C=N–C) groups is 2. The van der Waals surface area contributed by atoms with Crippen LogP contribution in [-0.2, 0) is 9.47 Å². The molecule has 8 heteroatoms. The molecule has 2 bridgehead atoms. The minimum Gasteiger partial charge on any atom is -0.480 e. The van der Waals surface area contributed by atoms with Crippen LogP contribution in [0, 0.1) is 0 Å². The Labute approximate surface area is 147 Å². The zero-order valence-electron chi connectivity index (χ0n) is 13.7. The summed E-state index contributed by atoms with van der Waals surface area (Å²) in [5.41, 5.74) is 0. The van der Waals surface area contributed by atoms with Gasteiger partial charge in [0.25, 0.3) is 0 Å². The lowest BCUT2D eigenvalue weighted by Gasteiger charge is -2.12. The molecule has 2 rings (SSSR count). The van der Waals surface area contributed by atoms with Gasteiger partial charge >= 0.3 is 0 Å². The number of nitrogens with zero attached hydrogens (tertiary/aromatic N) is 2. The molecule has 0 atom stereocenters. The molecule has 6 nitrogen and oxygen atoms in total. The van der Waals surface area contributed by atoms with Gasteiger partial charge in [-0.2, -0.15) is 23.5 Å². The highest BCUT2D eigenvalue weighted by atomic mass is 32.2. The van der Waals surface area contributed by atoms with Gasteiger partial charge in [0.1, 0.15) is 0 Å². The first-order valence-corrected chi connectivity index (χ1v) is 10.7. The lowest BCUT2D eigenvalue weighted by Crippen LogP contribution is -2.30. The number of hydrogen-bond acceptors (Lipinski definition) is 8. The summed E-state index contributed by atoms with van der Waals surface area (Å²) >= 11 is 3.88. The Kier molecular flexibility index (Phi) is 10.6. The smallest absolute Gasteiger partial charge is 0.192 e. The topological polar surface area (TPSA) is 67.2 Å². The van der Waals surface area contributed by atoms with Gasteiger partial charge in [-0.1, -0.05) is 0 Å². The van der Waals surface area contributed by atoms with Crippen LogP contribution in [0.3, 0.4) is 0 Å². The molecule has 0 radical (unpaired) electrons. The molecule has 2 aliphatic heterocycles. The number of nitrogens with one attached hydrogen (secondary N) is 2. The van der Waals surface area contributed by atoms with E-state index in [0.717, 1.165) is 74.1 Å². The van der Waals surface area contributed by atoms with Crippen LogP contribution in [0.25, 0.3) is 0 Å². The third-order valence-corrected chi connectivity index (χ3v) is 5.45. The van der Waals surface area contributed by atoms with Crippen molar-refractivity contribution in [2.45, 2.75) is 6.42 Å². The molecule has 0 amide bonds. The van der Waals surface area contributed by atoms with Gasteiger partial charge in [0, 0.05) is 49.2 Å². The average Bonchev–Trinajstić information content (AvgIpc) is 2.59. The van der Waals surface area contributed by atoms with E-state index in [0.29, 0.717) is 19.6 Å². The maximum atomic E-state index is 5.88. The number of ether oxygens (including phenoxy) is 2. The average molecular weight is 361 g/mol. The molecule has 2 aliphatic rings. The molecule has 2 N–H and O–H groups in total. The summed E-state index contributed by atoms with van der Waals surface area (Å²) in [5, 5.41) is 6.75. The quantitative estimate of drug-likeness (QED) is 0.668. The molecule has 0 saturated carbocycles. The fraction of sp³-hybridized carbons (Fsp3) is 0.867. The monoisotopic (exact) mass is 360 g/mol. The van der Waals surface area contributed by atoms with Crippen LogP contribution in [0.4, 0.5) is 0 Å². The molecule has 1 saturated heterocycles. The molecule has 0 spiro atoms. The lowest BCUT2D eigenvalue weighted by molar-refractivity contribution is 0.303. The molecule has 1 fully saturated rings. The summed E-state index contributed by atoms with van der Waals surface area (Å²) in [6, 6.07) is 0. The van der Waals surface area contributed by atoms with Crippen molar-refractivity contribution in [1.29, 1.82) is 0 Å². The van der Waals surface area contributed by atoms with Crippen molar-refractivity contribution in [2.75, 3.05) is 75.5 Å². The Bertz CT molecular complexity index is 346. The third-order valence-electron chi connectivity index (χ3n) is 3.30. The Balaban J connectivity index is 1.99. The van der Waals surface area contributed by atoms with Crippen molar-refractivity contribution in [2.24, 2.45) is 9.98 Å². The summed E-state index contributed by atoms with van der Waals surface area (Å²) in [6.45, 7) is 6.50. The van der Waals surface area contributed by atoms with Crippen molar-refractivity contribution in [1.82, 2.24) is 10.6 Å². The van der Waals surface area contributed by atoms with Crippen LogP contribution in [0.1, 0.15) is 6.42 Å². The Hall–Kier alpha value is -0.440. The molecular weight excluding hydrogens is 332 g/mol. The van der Waals surface area contributed by atoms with Crippen LogP contribution in [-0.4, -0.2) is 87.3 Å². The standard InChI is InChI=1S/C15H28N4O2S2/c1-2-17-4-6-19-15-13-14(18-5-3-16-1)20-7-9-22-11-12-23-10-8-21-15/h16-17H,1-13H2. The van der Waals surface area contributed by atoms with E-state index in [1.54, 1.807) is 0 Å². The minimum atomic E-state index is 0.565. The van der Waals surface area contributed by atoms with Gasteiger partial charge in [0.05, 0.1) is 32.7 Å². The highest BCUT2D eigenvalue weighted by molar-refractivity contribution is 8.02. The van der Waals surface area contributed by atoms with E-state index in [4.69, 9.17) is 9.47 Å². The fourth-order valence-electron chi connectivity index (χ4n) is 2.14. The summed E-state index contributed by atoms with van der Waals surface area (Å²) in [6.07, 6.45) is 0.565. The van der Waals surface area contributed by atoms with Gasteiger partial charge in [-0.3, -0.25) is 9.98 Å². The van der Waals surface area contributed by atoms with Crippen LogP contribution in [0.5, 0.6) is 0 Å². The second-order valence-electron chi connectivity index (χ2n) is 5.15. The number of rotatable bonds is 0. The molecular formula is C15H28N4O2S2. The van der Waals surface area contributed by atoms with E-state index < -0.39 is 0 Å². The van der Waals surface area contributed by atoms with Gasteiger partial charge in [-0.15, -0.1) is 0 Å². The Morgan fingerprint density at radius 1 is 0.696 bits per heavy atom. The SMILES string of the molecule is C1CNCCNCCN=C2CC(=N1)OCCSCCSCCO2. The van der Waals surface area contributed by atoms with Crippen LogP contribution in [0.2, 0.25) is 0 Å². The first kappa shape index (κ1) is 18.9. The van der Waals surface area contributed by atoms with Gasteiger partial charge < -0.3 is 20.1 Å². The second kappa shape index (κ2) is 12.9. The molecule has 23 heavy (non-hydrogen) atoms. The maximum absolute atomic E-state index is 5.88. The fourth-order valence-corrected chi connectivity index (χ4v) is 3.89. The minimum absolute atomic E-state index is 0.565. The first-order chi connectivity index (χ1) is 11.4. The van der Waals surface area contributed by atoms with E-state index in [1.807, 2.05) is 23.5 Å². The van der Waals surface area contributed by atoms with E-state index in [2.05, 4.69) is 20.6 Å². The van der Waals surface area contributed by atoms with E-state index >= 15 is 0 Å². The molecule has 0 aliphatic carbocycles. The second-order valence-corrected chi connectivity index (χ2v) is 7.60. The highest BCUT2D eigenvalue weighted by Gasteiger charge is 2.10. The highest BCUT2D eigenvalue weighted by Crippen LogP contribution is 2.09. The van der Waals surface area contributed by atoms with Crippen molar-refractivity contribution >= 4 is 35.3 Å². The summed E-state index contributed by atoms with van der Waals surface area (Å²) < 4.78 is 11.8. The maximum Gasteiger partial charge on any atom is 0.192 e. The van der Waals surface area contributed by atoms with E-state index in [9.17, 15) is 0 Å². The largest absolute Gasteiger partial charge is 0.480 e. The van der Waals surface area contributed by atoms with Crippen molar-refractivity contribution < 1.29 is 9.47 Å². The van der Waals surface area contributed by atoms with Crippen LogP contribution < -0.4 is 10.6 Å². The summed E-state index contributed by atoms with van der Waals surface area (Å²) in [4.78, 5) is 9.19. The van der Waals surface area contributed by atoms with Gasteiger partial charge in [-0.25, -0.2) is 0 Å². The molecule has 2 heterocycles. The van der Waals surface area contributed by atoms with Gasteiger partial charge in [0.2, 0.25) is 0 Å². The first-order valence-electron chi connectivity index (χ1n) is 8.34. The zero-order valence-corrected chi connectivity index (χ0v) is 15.4. The zero-order chi connectivity index (χ0) is 16.0. The number of thioether (sulfide) groups is 2. The molecule has 0 aromatic rings. The molecule has 132 valence electrons. The van der Waals surface area contributed by atoms with Crippen molar-refractivity contribution in [3.8, 4) is 0 Å². The molecule has 0 aromatic carbocycles. The Morgan fingerprint density at radius 2 is 1.22 bits per heavy atom. The lowest BCUT2D eigenvalue weighted by atomic mass is 10.4. The third kappa shape index (κ3) is 9.44. The predicted molar refractivity (Wildman–Crippen MR) is 102 cm³/mol. The van der Waals surface area contributed by atoms with Crippen molar-refractivity contribution in [3.63, 3.8) is 0 Å². The summed E-state index contributed by atoms with van der Waals surface area (Å²) in [7, 11) is 0. The Morgan fingerprint density at radius 3 is 1.74 bits per heavy atom. The predicted octanol–water partition coefficient (Wildman–Crippen LogP) is 0.880. The van der Waals surface area contributed by atoms with Gasteiger partial charge in [-0.05, 0) is 0 Å². The normalized spacial score (nSPS) is 23.7. The van der Waals surface area contributed by atoms with Crippen molar-refractivity contribution in [3.05, 3.63) is 0 Å². The summed E-state index contributed by atoms with van der Waals surface area (Å²) in [5.74, 6) is 5.86. The molecule has 0 aromatic heterocycles. The number of hydrogen-bond donors (Lipinski definition) is 2. The van der Waals surface area contributed by atoms with Gasteiger partial charge in [0.15, 0.2) is 11.8 Å².